The molecule has 2 unspecified atom stereocenters. The minimum absolute atomic E-state index is 0.266. The van der Waals surface area contributed by atoms with E-state index in [1.54, 1.807) is 48.5 Å². The van der Waals surface area contributed by atoms with Crippen molar-refractivity contribution in [2.45, 2.75) is 35.6 Å². The van der Waals surface area contributed by atoms with Crippen LogP contribution in [0.2, 0.25) is 0 Å². The Morgan fingerprint density at radius 2 is 1.68 bits per heavy atom. The largest absolute Gasteiger partial charge is 0.451 e. The van der Waals surface area contributed by atoms with Gasteiger partial charge in [0.1, 0.15) is 5.37 Å². The van der Waals surface area contributed by atoms with Crippen LogP contribution in [0.25, 0.3) is 0 Å². The van der Waals surface area contributed by atoms with E-state index in [9.17, 15) is 23.2 Å². The number of fused-ring (bicyclic) bond motifs is 1. The number of sulfone groups is 1. The minimum Gasteiger partial charge on any atom is -0.451 e. The number of ether oxygens (including phenoxy) is 1. The maximum Gasteiger partial charge on any atom is 0.331 e. The number of hydrogen-bond donors (Lipinski definition) is 1. The van der Waals surface area contributed by atoms with Gasteiger partial charge in [-0.2, -0.15) is 0 Å². The van der Waals surface area contributed by atoms with Gasteiger partial charge in [0.05, 0.1) is 6.42 Å². The number of esters is 1. The monoisotopic (exact) mass is 462 g/mol. The Morgan fingerprint density at radius 1 is 1.16 bits per heavy atom. The van der Waals surface area contributed by atoms with Gasteiger partial charge in [0.25, 0.3) is 0 Å². The fourth-order valence-electron chi connectivity index (χ4n) is 4.11. The van der Waals surface area contributed by atoms with Gasteiger partial charge in [0, 0.05) is 0 Å². The molecule has 2 aliphatic rings. The minimum atomic E-state index is -4.15. The molecule has 162 valence electrons. The van der Waals surface area contributed by atoms with E-state index < -0.39 is 49.2 Å². The van der Waals surface area contributed by atoms with E-state index in [0.717, 1.165) is 4.90 Å². The number of carbonyl (C=O) groups excluding carboxylic acids is 2. The molecule has 2 fully saturated rings. The first-order valence-electron chi connectivity index (χ1n) is 9.46. The van der Waals surface area contributed by atoms with Gasteiger partial charge in [0.2, 0.25) is 5.91 Å². The van der Waals surface area contributed by atoms with Crippen LogP contribution in [0.4, 0.5) is 0 Å². The summed E-state index contributed by atoms with van der Waals surface area (Å²) in [4.78, 5) is 26.6. The molecule has 2 aromatic rings. The molecular formula is C21H19ClN2O6S. The topological polar surface area (TPSA) is 113 Å². The van der Waals surface area contributed by atoms with E-state index in [1.165, 1.54) is 6.92 Å². The summed E-state index contributed by atoms with van der Waals surface area (Å²) in [5, 5.41) is 10.2. The van der Waals surface area contributed by atoms with Crippen molar-refractivity contribution in [2.24, 2.45) is 5.16 Å². The first-order chi connectivity index (χ1) is 14.7. The highest BCUT2D eigenvalue weighted by Crippen LogP contribution is 2.48. The fraction of sp³-hybridized carbons (Fsp3) is 0.286. The fourth-order valence-corrected chi connectivity index (χ4v) is 6.80. The van der Waals surface area contributed by atoms with Crippen LogP contribution in [0.15, 0.2) is 65.8 Å². The third-order valence-corrected chi connectivity index (χ3v) is 9.15. The van der Waals surface area contributed by atoms with Gasteiger partial charge < -0.3 is 14.8 Å². The highest BCUT2D eigenvalue weighted by molar-refractivity contribution is 7.95. The predicted molar refractivity (Wildman–Crippen MR) is 112 cm³/mol. The molecule has 0 spiro atoms. The van der Waals surface area contributed by atoms with Gasteiger partial charge in [-0.1, -0.05) is 77.4 Å². The van der Waals surface area contributed by atoms with Crippen molar-refractivity contribution in [3.8, 4) is 0 Å². The molecule has 3 atom stereocenters. The van der Waals surface area contributed by atoms with Crippen LogP contribution >= 0.6 is 11.6 Å². The number of amides is 1. The lowest BCUT2D eigenvalue weighted by Gasteiger charge is -2.36. The third kappa shape index (κ3) is 3.11. The highest BCUT2D eigenvalue weighted by Gasteiger charge is 2.72. The number of hydrogen-bond acceptors (Lipinski definition) is 7. The number of rotatable bonds is 5. The summed E-state index contributed by atoms with van der Waals surface area (Å²) in [5.74, 6) is -1.47. The molecule has 2 saturated heterocycles. The molecule has 1 N–H and O–H groups in total. The van der Waals surface area contributed by atoms with Crippen molar-refractivity contribution in [3.63, 3.8) is 0 Å². The lowest BCUT2D eigenvalue weighted by molar-refractivity contribution is -0.163. The standard InChI is InChI=1S/C21H19ClN2O6S/c1-21(20(22)23-27)18(24-15(25)12-16(24)31(21,28)29)19(26)30-17(13-8-4-2-5-9-13)14-10-6-3-7-11-14/h2-11,16-18,27H,12H2,1H3/b23-20-/t16?,18-,21?/m0/s1. The number of oxime groups is 1. The van der Waals surface area contributed by atoms with E-state index in [4.69, 9.17) is 16.3 Å². The predicted octanol–water partition coefficient (Wildman–Crippen LogP) is 2.46. The molecule has 4 rings (SSSR count). The summed E-state index contributed by atoms with van der Waals surface area (Å²) in [6, 6.07) is 16.3. The number of benzene rings is 2. The SMILES string of the molecule is CC1(/C(Cl)=N/O)[C@H](C(=O)OC(c2ccccc2)c2ccccc2)N2C(=O)CC2S1(=O)=O. The Labute approximate surface area is 184 Å². The highest BCUT2D eigenvalue weighted by atomic mass is 35.5. The first kappa shape index (κ1) is 21.3. The molecule has 2 aliphatic heterocycles. The van der Waals surface area contributed by atoms with E-state index >= 15 is 0 Å². The first-order valence-corrected chi connectivity index (χ1v) is 11.4. The Balaban J connectivity index is 1.77. The van der Waals surface area contributed by atoms with Crippen molar-refractivity contribution < 1.29 is 28.0 Å². The maximum atomic E-state index is 13.4. The van der Waals surface area contributed by atoms with E-state index in [-0.39, 0.29) is 6.42 Å². The molecule has 2 aromatic carbocycles. The van der Waals surface area contributed by atoms with Crippen LogP contribution in [0.1, 0.15) is 30.6 Å². The zero-order valence-electron chi connectivity index (χ0n) is 16.4. The summed E-state index contributed by atoms with van der Waals surface area (Å²) in [6.07, 6.45) is -1.11. The van der Waals surface area contributed by atoms with Crippen LogP contribution in [0.3, 0.4) is 0 Å². The lowest BCUT2D eigenvalue weighted by Crippen LogP contribution is -2.59. The van der Waals surface area contributed by atoms with Gasteiger partial charge in [-0.15, -0.1) is 0 Å². The molecule has 8 nitrogen and oxygen atoms in total. The summed E-state index contributed by atoms with van der Waals surface area (Å²) < 4.78 is 29.8. The quantitative estimate of drug-likeness (QED) is 0.240. The smallest absolute Gasteiger partial charge is 0.331 e. The third-order valence-electron chi connectivity index (χ3n) is 5.86. The molecule has 0 radical (unpaired) electrons. The second kappa shape index (κ2) is 7.65. The molecule has 0 saturated carbocycles. The van der Waals surface area contributed by atoms with Crippen molar-refractivity contribution >= 4 is 38.5 Å². The Hall–Kier alpha value is -2.91. The van der Waals surface area contributed by atoms with E-state index in [0.29, 0.717) is 11.1 Å². The Kier molecular flexibility index (Phi) is 5.26. The molecule has 1 amide bonds. The van der Waals surface area contributed by atoms with Crippen LogP contribution in [-0.2, 0) is 24.2 Å². The number of β-lactam (4-membered cyclic amide) rings is 1. The van der Waals surface area contributed by atoms with Crippen LogP contribution < -0.4 is 0 Å². The summed E-state index contributed by atoms with van der Waals surface area (Å²) in [6.45, 7) is 1.17. The number of carbonyl (C=O) groups is 2. The lowest BCUT2D eigenvalue weighted by atomic mass is 9.96. The van der Waals surface area contributed by atoms with Crippen LogP contribution in [-0.4, -0.2) is 51.7 Å². The van der Waals surface area contributed by atoms with Crippen LogP contribution in [0.5, 0.6) is 0 Å². The molecule has 0 aromatic heterocycles. The van der Waals surface area contributed by atoms with Gasteiger partial charge in [0.15, 0.2) is 31.9 Å². The summed E-state index contributed by atoms with van der Waals surface area (Å²) >= 11 is 5.99. The summed E-state index contributed by atoms with van der Waals surface area (Å²) in [7, 11) is -4.15. The molecule has 31 heavy (non-hydrogen) atoms. The normalized spacial score (nSPS) is 27.0. The molecule has 10 heteroatoms. The maximum absolute atomic E-state index is 13.4. The van der Waals surface area contributed by atoms with Gasteiger partial charge in [-0.3, -0.25) is 4.79 Å². The Bertz CT molecular complexity index is 1120. The molecule has 0 aliphatic carbocycles. The van der Waals surface area contributed by atoms with Crippen LogP contribution in [0, 0.1) is 0 Å². The van der Waals surface area contributed by atoms with Gasteiger partial charge >= 0.3 is 5.97 Å². The molecule has 0 bridgehead atoms. The van der Waals surface area contributed by atoms with E-state index in [1.807, 2.05) is 12.1 Å². The van der Waals surface area contributed by atoms with E-state index in [2.05, 4.69) is 5.16 Å². The number of halogens is 1. The number of nitrogens with zero attached hydrogens (tertiary/aromatic N) is 2. The zero-order valence-corrected chi connectivity index (χ0v) is 18.0. The average Bonchev–Trinajstić information content (AvgIpc) is 2.93. The van der Waals surface area contributed by atoms with Gasteiger partial charge in [-0.25, -0.2) is 13.2 Å². The van der Waals surface area contributed by atoms with Crippen molar-refractivity contribution in [3.05, 3.63) is 71.8 Å². The Morgan fingerprint density at radius 3 is 2.13 bits per heavy atom. The molecule has 2 heterocycles. The zero-order chi connectivity index (χ0) is 22.4. The average molecular weight is 463 g/mol. The second-order valence-corrected chi connectivity index (χ2v) is 10.4. The van der Waals surface area contributed by atoms with Crippen molar-refractivity contribution in [1.82, 2.24) is 4.90 Å². The second-order valence-electron chi connectivity index (χ2n) is 7.54. The molecular weight excluding hydrogens is 444 g/mol. The van der Waals surface area contributed by atoms with Crippen molar-refractivity contribution in [1.29, 1.82) is 0 Å². The van der Waals surface area contributed by atoms with Gasteiger partial charge in [-0.05, 0) is 18.1 Å². The van der Waals surface area contributed by atoms with Crippen molar-refractivity contribution in [2.75, 3.05) is 0 Å². The summed E-state index contributed by atoms with van der Waals surface area (Å²) in [5.41, 5.74) is 1.33.